The van der Waals surface area contributed by atoms with E-state index in [1.54, 1.807) is 11.8 Å². The lowest BCUT2D eigenvalue weighted by molar-refractivity contribution is -0.132. The predicted octanol–water partition coefficient (Wildman–Crippen LogP) is 1.88. The Hall–Kier alpha value is -1.62. The fourth-order valence-electron chi connectivity index (χ4n) is 2.18. The Labute approximate surface area is 111 Å². The fraction of sp³-hybridized carbons (Fsp3) is 0.500. The molecular weight excluding hydrogens is 249 g/mol. The second-order valence-corrected chi connectivity index (χ2v) is 4.73. The van der Waals surface area contributed by atoms with Gasteiger partial charge >= 0.3 is 0 Å². The maximum absolute atomic E-state index is 13.2. The third-order valence-corrected chi connectivity index (χ3v) is 3.24. The van der Waals surface area contributed by atoms with Gasteiger partial charge in [0.25, 0.3) is 5.91 Å². The number of aliphatic hydroxyl groups excluding tert-OH is 1. The molecule has 1 amide bonds. The Morgan fingerprint density at radius 2 is 2.16 bits per heavy atom. The highest BCUT2D eigenvalue weighted by Crippen LogP contribution is 2.26. The van der Waals surface area contributed by atoms with Crippen LogP contribution in [0.3, 0.4) is 0 Å². The summed E-state index contributed by atoms with van der Waals surface area (Å²) in [6.07, 6.45) is 1.27. The van der Waals surface area contributed by atoms with Crippen LogP contribution in [0.1, 0.15) is 31.4 Å². The number of carbonyl (C=O) groups is 1. The van der Waals surface area contributed by atoms with Crippen LogP contribution >= 0.6 is 0 Å². The van der Waals surface area contributed by atoms with Gasteiger partial charge in [-0.1, -0.05) is 0 Å². The van der Waals surface area contributed by atoms with Crippen molar-refractivity contribution in [2.45, 2.75) is 25.9 Å². The van der Waals surface area contributed by atoms with E-state index < -0.39 is 11.9 Å². The molecule has 1 fully saturated rings. The van der Waals surface area contributed by atoms with E-state index in [0.717, 1.165) is 25.9 Å². The summed E-state index contributed by atoms with van der Waals surface area (Å²) in [5, 5.41) is 9.57. The number of hydrogen-bond acceptors (Lipinski definition) is 3. The third kappa shape index (κ3) is 3.44. The number of halogens is 1. The SMILES string of the molecule is C[C@H](O)c1ccc(F)cc1OCC(=O)N1CCCC1. The van der Waals surface area contributed by atoms with Crippen molar-refractivity contribution in [1.82, 2.24) is 4.90 Å². The summed E-state index contributed by atoms with van der Waals surface area (Å²) in [7, 11) is 0. The molecule has 0 bridgehead atoms. The molecule has 104 valence electrons. The molecule has 1 N–H and O–H groups in total. The number of likely N-dealkylation sites (tertiary alicyclic amines) is 1. The molecule has 2 rings (SSSR count). The number of amides is 1. The normalized spacial score (nSPS) is 16.5. The first-order chi connectivity index (χ1) is 9.08. The van der Waals surface area contributed by atoms with E-state index in [2.05, 4.69) is 0 Å². The van der Waals surface area contributed by atoms with Gasteiger partial charge in [-0.15, -0.1) is 0 Å². The number of hydrogen-bond donors (Lipinski definition) is 1. The van der Waals surface area contributed by atoms with E-state index in [1.165, 1.54) is 18.2 Å². The Morgan fingerprint density at radius 1 is 1.47 bits per heavy atom. The minimum absolute atomic E-state index is 0.0988. The van der Waals surface area contributed by atoms with Crippen molar-refractivity contribution in [2.75, 3.05) is 19.7 Å². The maximum Gasteiger partial charge on any atom is 0.260 e. The van der Waals surface area contributed by atoms with Crippen molar-refractivity contribution in [2.24, 2.45) is 0 Å². The van der Waals surface area contributed by atoms with Crippen LogP contribution in [0.4, 0.5) is 4.39 Å². The Kier molecular flexibility index (Phi) is 4.37. The zero-order valence-corrected chi connectivity index (χ0v) is 10.9. The highest BCUT2D eigenvalue weighted by atomic mass is 19.1. The first kappa shape index (κ1) is 13.8. The number of benzene rings is 1. The van der Waals surface area contributed by atoms with Gasteiger partial charge < -0.3 is 14.7 Å². The van der Waals surface area contributed by atoms with Crippen molar-refractivity contribution in [3.8, 4) is 5.75 Å². The van der Waals surface area contributed by atoms with Crippen molar-refractivity contribution in [1.29, 1.82) is 0 Å². The number of ether oxygens (including phenoxy) is 1. The topological polar surface area (TPSA) is 49.8 Å². The van der Waals surface area contributed by atoms with E-state index in [4.69, 9.17) is 4.74 Å². The molecule has 1 saturated heterocycles. The van der Waals surface area contributed by atoms with Gasteiger partial charge in [0.1, 0.15) is 11.6 Å². The fourth-order valence-corrected chi connectivity index (χ4v) is 2.18. The van der Waals surface area contributed by atoms with Gasteiger partial charge in [0.2, 0.25) is 0 Å². The largest absolute Gasteiger partial charge is 0.483 e. The van der Waals surface area contributed by atoms with Gasteiger partial charge in [-0.25, -0.2) is 4.39 Å². The van der Waals surface area contributed by atoms with Crippen LogP contribution in [0.25, 0.3) is 0 Å². The summed E-state index contributed by atoms with van der Waals surface area (Å²) in [5.41, 5.74) is 0.482. The summed E-state index contributed by atoms with van der Waals surface area (Å²) in [6.45, 7) is 2.97. The smallest absolute Gasteiger partial charge is 0.260 e. The molecule has 1 atom stereocenters. The van der Waals surface area contributed by atoms with Gasteiger partial charge in [0, 0.05) is 24.7 Å². The molecule has 1 aromatic rings. The van der Waals surface area contributed by atoms with Crippen molar-refractivity contribution in [3.63, 3.8) is 0 Å². The van der Waals surface area contributed by atoms with Crippen molar-refractivity contribution < 1.29 is 19.0 Å². The minimum atomic E-state index is -0.766. The molecule has 1 aliphatic rings. The summed E-state index contributed by atoms with van der Waals surface area (Å²) >= 11 is 0. The Balaban J connectivity index is 2.01. The number of rotatable bonds is 4. The first-order valence-electron chi connectivity index (χ1n) is 6.46. The molecule has 0 saturated carbocycles. The Bertz CT molecular complexity index is 456. The molecule has 0 aliphatic carbocycles. The van der Waals surface area contributed by atoms with Crippen molar-refractivity contribution in [3.05, 3.63) is 29.6 Å². The monoisotopic (exact) mass is 267 g/mol. The zero-order valence-electron chi connectivity index (χ0n) is 10.9. The molecule has 0 spiro atoms. The van der Waals surface area contributed by atoms with Gasteiger partial charge in [-0.05, 0) is 31.9 Å². The first-order valence-corrected chi connectivity index (χ1v) is 6.46. The summed E-state index contributed by atoms with van der Waals surface area (Å²) < 4.78 is 18.5. The number of carbonyl (C=O) groups excluding carboxylic acids is 1. The van der Waals surface area contributed by atoms with Crippen LogP contribution in [0.5, 0.6) is 5.75 Å². The van der Waals surface area contributed by atoms with E-state index in [9.17, 15) is 14.3 Å². The predicted molar refractivity (Wildman–Crippen MR) is 68.3 cm³/mol. The average Bonchev–Trinajstić information content (AvgIpc) is 2.89. The van der Waals surface area contributed by atoms with E-state index >= 15 is 0 Å². The average molecular weight is 267 g/mol. The van der Waals surface area contributed by atoms with Gasteiger partial charge in [-0.2, -0.15) is 0 Å². The molecule has 0 radical (unpaired) electrons. The van der Waals surface area contributed by atoms with E-state index in [1.807, 2.05) is 0 Å². The van der Waals surface area contributed by atoms with Crippen molar-refractivity contribution >= 4 is 5.91 Å². The molecule has 1 aromatic carbocycles. The molecule has 0 unspecified atom stereocenters. The highest BCUT2D eigenvalue weighted by Gasteiger charge is 2.19. The zero-order chi connectivity index (χ0) is 13.8. The molecule has 19 heavy (non-hydrogen) atoms. The van der Waals surface area contributed by atoms with Gasteiger partial charge in [0.15, 0.2) is 6.61 Å². The van der Waals surface area contributed by atoms with Crippen LogP contribution in [0.2, 0.25) is 0 Å². The van der Waals surface area contributed by atoms with Crippen LogP contribution < -0.4 is 4.74 Å². The minimum Gasteiger partial charge on any atom is -0.483 e. The van der Waals surface area contributed by atoms with Gasteiger partial charge in [0.05, 0.1) is 6.10 Å². The van der Waals surface area contributed by atoms with Gasteiger partial charge in [-0.3, -0.25) is 4.79 Å². The highest BCUT2D eigenvalue weighted by molar-refractivity contribution is 5.78. The van der Waals surface area contributed by atoms with E-state index in [-0.39, 0.29) is 18.3 Å². The quantitative estimate of drug-likeness (QED) is 0.906. The second kappa shape index (κ2) is 6.02. The lowest BCUT2D eigenvalue weighted by atomic mass is 10.1. The lowest BCUT2D eigenvalue weighted by Crippen LogP contribution is -2.32. The summed E-state index contributed by atoms with van der Waals surface area (Å²) in [6, 6.07) is 3.92. The molecule has 1 heterocycles. The Morgan fingerprint density at radius 3 is 2.79 bits per heavy atom. The standard InChI is InChI=1S/C14H18FNO3/c1-10(17)12-5-4-11(15)8-13(12)19-9-14(18)16-6-2-3-7-16/h4-5,8,10,17H,2-3,6-7,9H2,1H3/t10-/m0/s1. The van der Waals surface area contributed by atoms with Crippen LogP contribution in [0.15, 0.2) is 18.2 Å². The molecular formula is C14H18FNO3. The van der Waals surface area contributed by atoms with Crippen LogP contribution in [0, 0.1) is 5.82 Å². The summed E-state index contributed by atoms with van der Waals surface area (Å²) in [5.74, 6) is -0.325. The third-order valence-electron chi connectivity index (χ3n) is 3.24. The molecule has 5 heteroatoms. The lowest BCUT2D eigenvalue weighted by Gasteiger charge is -2.17. The number of nitrogens with zero attached hydrogens (tertiary/aromatic N) is 1. The second-order valence-electron chi connectivity index (χ2n) is 4.73. The maximum atomic E-state index is 13.2. The molecule has 0 aromatic heterocycles. The van der Waals surface area contributed by atoms with Crippen LogP contribution in [-0.4, -0.2) is 35.6 Å². The molecule has 4 nitrogen and oxygen atoms in total. The van der Waals surface area contributed by atoms with E-state index in [0.29, 0.717) is 5.56 Å². The number of aliphatic hydroxyl groups is 1. The summed E-state index contributed by atoms with van der Waals surface area (Å²) in [4.78, 5) is 13.6. The van der Waals surface area contributed by atoms with Crippen LogP contribution in [-0.2, 0) is 4.79 Å². The molecule has 1 aliphatic heterocycles.